The Morgan fingerprint density at radius 3 is 2.73 bits per heavy atom. The lowest BCUT2D eigenvalue weighted by Gasteiger charge is -2.18. The molecule has 0 saturated carbocycles. The van der Waals surface area contributed by atoms with Crippen molar-refractivity contribution in [3.05, 3.63) is 12.3 Å². The van der Waals surface area contributed by atoms with E-state index in [-0.39, 0.29) is 5.54 Å². The van der Waals surface area contributed by atoms with E-state index in [0.717, 1.165) is 0 Å². The van der Waals surface area contributed by atoms with Crippen molar-refractivity contribution >= 4 is 0 Å². The highest BCUT2D eigenvalue weighted by atomic mass is 16.4. The largest absolute Gasteiger partial charge is 0.427 e. The van der Waals surface area contributed by atoms with Gasteiger partial charge in [0.1, 0.15) is 0 Å². The zero-order chi connectivity index (χ0) is 8.32. The van der Waals surface area contributed by atoms with E-state index in [1.165, 1.54) is 6.39 Å². The summed E-state index contributed by atoms with van der Waals surface area (Å²) in [4.78, 5) is 0. The predicted molar refractivity (Wildman–Crippen MR) is 40.9 cm³/mol. The molecule has 4 heteroatoms. The molecule has 0 fully saturated rings. The van der Waals surface area contributed by atoms with Gasteiger partial charge in [-0.2, -0.15) is 0 Å². The minimum absolute atomic E-state index is 0.0917. The fraction of sp³-hybridized carbons (Fsp3) is 0.714. The molecule has 62 valence electrons. The Hall–Kier alpha value is -0.900. The molecule has 0 amide bonds. The zero-order valence-electron chi connectivity index (χ0n) is 7.09. The molecule has 0 aliphatic rings. The van der Waals surface area contributed by atoms with Crippen LogP contribution in [-0.4, -0.2) is 15.7 Å². The fourth-order valence-corrected chi connectivity index (χ4v) is 0.614. The van der Waals surface area contributed by atoms with Gasteiger partial charge in [0.25, 0.3) is 0 Å². The first kappa shape index (κ1) is 8.20. The van der Waals surface area contributed by atoms with Crippen molar-refractivity contribution < 1.29 is 4.42 Å². The van der Waals surface area contributed by atoms with E-state index in [9.17, 15) is 0 Å². The monoisotopic (exact) mass is 155 g/mol. The minimum Gasteiger partial charge on any atom is -0.427 e. The third-order valence-corrected chi connectivity index (χ3v) is 1.18. The van der Waals surface area contributed by atoms with Crippen molar-refractivity contribution in [2.45, 2.75) is 32.9 Å². The molecule has 0 aliphatic carbocycles. The highest BCUT2D eigenvalue weighted by molar-refractivity contribution is 4.77. The van der Waals surface area contributed by atoms with Gasteiger partial charge in [-0.15, -0.1) is 10.2 Å². The molecule has 0 spiro atoms. The maximum Gasteiger partial charge on any atom is 0.229 e. The highest BCUT2D eigenvalue weighted by Crippen LogP contribution is 2.00. The Labute approximate surface area is 66.0 Å². The van der Waals surface area contributed by atoms with Crippen LogP contribution in [0.1, 0.15) is 26.7 Å². The molecule has 0 aliphatic heterocycles. The third-order valence-electron chi connectivity index (χ3n) is 1.18. The smallest absolute Gasteiger partial charge is 0.229 e. The van der Waals surface area contributed by atoms with Gasteiger partial charge in [-0.05, 0) is 20.8 Å². The summed E-state index contributed by atoms with van der Waals surface area (Å²) in [6.07, 6.45) is 1.33. The van der Waals surface area contributed by atoms with Crippen LogP contribution >= 0.6 is 0 Å². The van der Waals surface area contributed by atoms with E-state index < -0.39 is 0 Å². The van der Waals surface area contributed by atoms with Crippen molar-refractivity contribution in [1.29, 1.82) is 0 Å². The lowest BCUT2D eigenvalue weighted by atomic mass is 10.1. The second-order valence-corrected chi connectivity index (χ2v) is 3.44. The molecule has 0 aromatic carbocycles. The summed E-state index contributed by atoms with van der Waals surface area (Å²) in [6, 6.07) is 0. The van der Waals surface area contributed by atoms with Crippen molar-refractivity contribution in [3.8, 4) is 0 Å². The summed E-state index contributed by atoms with van der Waals surface area (Å²) >= 11 is 0. The first-order valence-electron chi connectivity index (χ1n) is 3.58. The molecule has 0 bridgehead atoms. The normalized spacial score (nSPS) is 11.9. The molecule has 4 nitrogen and oxygen atoms in total. The fourth-order valence-electron chi connectivity index (χ4n) is 0.614. The lowest BCUT2D eigenvalue weighted by Crippen LogP contribution is -2.35. The van der Waals surface area contributed by atoms with Crippen LogP contribution in [-0.2, 0) is 6.54 Å². The maximum atomic E-state index is 4.94. The maximum absolute atomic E-state index is 4.94. The molecule has 1 aromatic rings. The van der Waals surface area contributed by atoms with Gasteiger partial charge in [0.15, 0.2) is 0 Å². The molecule has 1 heterocycles. The first-order chi connectivity index (χ1) is 5.08. The number of aromatic nitrogens is 2. The van der Waals surface area contributed by atoms with E-state index in [0.29, 0.717) is 12.4 Å². The molecule has 1 N–H and O–H groups in total. The first-order valence-corrected chi connectivity index (χ1v) is 3.58. The molecule has 0 saturated heterocycles. The van der Waals surface area contributed by atoms with E-state index in [1.807, 2.05) is 0 Å². The van der Waals surface area contributed by atoms with Crippen LogP contribution in [0.3, 0.4) is 0 Å². The third kappa shape index (κ3) is 3.13. The summed E-state index contributed by atoms with van der Waals surface area (Å²) in [5.74, 6) is 0.625. The number of nitrogens with one attached hydrogen (secondary N) is 1. The van der Waals surface area contributed by atoms with E-state index in [2.05, 4.69) is 36.3 Å². The highest BCUT2D eigenvalue weighted by Gasteiger charge is 2.09. The van der Waals surface area contributed by atoms with Gasteiger partial charge in [0.05, 0.1) is 6.54 Å². The standard InChI is InChI=1S/C7H13N3O/c1-7(2,3)8-4-6-10-9-5-11-6/h5,8H,4H2,1-3H3. The van der Waals surface area contributed by atoms with E-state index >= 15 is 0 Å². The summed E-state index contributed by atoms with van der Waals surface area (Å²) in [7, 11) is 0. The molecular formula is C7H13N3O. The predicted octanol–water partition coefficient (Wildman–Crippen LogP) is 0.958. The average Bonchev–Trinajstić information content (AvgIpc) is 2.32. The number of nitrogens with zero attached hydrogens (tertiary/aromatic N) is 2. The Morgan fingerprint density at radius 2 is 2.27 bits per heavy atom. The Bertz CT molecular complexity index is 200. The second kappa shape index (κ2) is 3.00. The summed E-state index contributed by atoms with van der Waals surface area (Å²) < 4.78 is 4.94. The Balaban J connectivity index is 2.35. The summed E-state index contributed by atoms with van der Waals surface area (Å²) in [5.41, 5.74) is 0.0917. The van der Waals surface area contributed by atoms with Crippen LogP contribution in [0.5, 0.6) is 0 Å². The van der Waals surface area contributed by atoms with Gasteiger partial charge in [0.2, 0.25) is 12.3 Å². The minimum atomic E-state index is 0.0917. The Kier molecular flexibility index (Phi) is 2.24. The SMILES string of the molecule is CC(C)(C)NCc1nnco1. The van der Waals surface area contributed by atoms with Gasteiger partial charge in [0, 0.05) is 5.54 Å². The van der Waals surface area contributed by atoms with Gasteiger partial charge in [-0.3, -0.25) is 0 Å². The van der Waals surface area contributed by atoms with Crippen LogP contribution < -0.4 is 5.32 Å². The topological polar surface area (TPSA) is 51.0 Å². The molecule has 11 heavy (non-hydrogen) atoms. The molecule has 0 radical (unpaired) electrons. The molecule has 1 aromatic heterocycles. The van der Waals surface area contributed by atoms with Gasteiger partial charge >= 0.3 is 0 Å². The van der Waals surface area contributed by atoms with E-state index in [1.54, 1.807) is 0 Å². The number of hydrogen-bond donors (Lipinski definition) is 1. The zero-order valence-corrected chi connectivity index (χ0v) is 7.09. The van der Waals surface area contributed by atoms with Crippen LogP contribution in [0, 0.1) is 0 Å². The quantitative estimate of drug-likeness (QED) is 0.691. The van der Waals surface area contributed by atoms with Crippen molar-refractivity contribution in [2.75, 3.05) is 0 Å². The number of hydrogen-bond acceptors (Lipinski definition) is 4. The Morgan fingerprint density at radius 1 is 1.55 bits per heavy atom. The van der Waals surface area contributed by atoms with Crippen LogP contribution in [0.25, 0.3) is 0 Å². The van der Waals surface area contributed by atoms with Crippen molar-refractivity contribution in [2.24, 2.45) is 0 Å². The van der Waals surface area contributed by atoms with Crippen molar-refractivity contribution in [3.63, 3.8) is 0 Å². The summed E-state index contributed by atoms with van der Waals surface area (Å²) in [5, 5.41) is 10.5. The van der Waals surface area contributed by atoms with Crippen LogP contribution in [0.2, 0.25) is 0 Å². The second-order valence-electron chi connectivity index (χ2n) is 3.44. The van der Waals surface area contributed by atoms with Crippen LogP contribution in [0.4, 0.5) is 0 Å². The average molecular weight is 155 g/mol. The molecular weight excluding hydrogens is 142 g/mol. The number of rotatable bonds is 2. The lowest BCUT2D eigenvalue weighted by molar-refractivity contribution is 0.381. The van der Waals surface area contributed by atoms with Crippen LogP contribution in [0.15, 0.2) is 10.8 Å². The van der Waals surface area contributed by atoms with Gasteiger partial charge in [-0.1, -0.05) is 0 Å². The summed E-state index contributed by atoms with van der Waals surface area (Å²) in [6.45, 7) is 6.89. The van der Waals surface area contributed by atoms with E-state index in [4.69, 9.17) is 4.42 Å². The van der Waals surface area contributed by atoms with Gasteiger partial charge in [-0.25, -0.2) is 0 Å². The van der Waals surface area contributed by atoms with Gasteiger partial charge < -0.3 is 9.73 Å². The molecule has 1 rings (SSSR count). The van der Waals surface area contributed by atoms with Crippen molar-refractivity contribution in [1.82, 2.24) is 15.5 Å². The molecule has 0 unspecified atom stereocenters. The molecule has 0 atom stereocenters.